The second kappa shape index (κ2) is 4.84. The van der Waals surface area contributed by atoms with Crippen molar-refractivity contribution in [2.24, 2.45) is 0 Å². The normalized spacial score (nSPS) is 11.7. The van der Waals surface area contributed by atoms with E-state index in [1.807, 2.05) is 0 Å². The van der Waals surface area contributed by atoms with Gasteiger partial charge < -0.3 is 0 Å². The Morgan fingerprint density at radius 2 is 1.95 bits per heavy atom. The van der Waals surface area contributed by atoms with E-state index in [9.17, 15) is 12.8 Å². The van der Waals surface area contributed by atoms with Gasteiger partial charge in [0.05, 0.1) is 21.4 Å². The highest BCUT2D eigenvalue weighted by Crippen LogP contribution is 2.24. The summed E-state index contributed by atoms with van der Waals surface area (Å²) >= 11 is 1.46. The van der Waals surface area contributed by atoms with Crippen LogP contribution >= 0.6 is 11.3 Å². The summed E-state index contributed by atoms with van der Waals surface area (Å²) in [4.78, 5) is 3.73. The van der Waals surface area contributed by atoms with Crippen LogP contribution in [0.1, 0.15) is 0 Å². The van der Waals surface area contributed by atoms with Crippen molar-refractivity contribution in [2.75, 3.05) is 4.72 Å². The van der Waals surface area contributed by atoms with Gasteiger partial charge in [0.25, 0.3) is 10.0 Å². The summed E-state index contributed by atoms with van der Waals surface area (Å²) in [6, 6.07) is 10.3. The van der Waals surface area contributed by atoms with Gasteiger partial charge in [-0.15, -0.1) is 11.3 Å². The molecular weight excluding hydrogens is 299 g/mol. The van der Waals surface area contributed by atoms with Gasteiger partial charge in [0.1, 0.15) is 10.7 Å². The van der Waals surface area contributed by atoms with Crippen LogP contribution in [0.15, 0.2) is 52.9 Å². The first-order valence-electron chi connectivity index (χ1n) is 5.67. The van der Waals surface area contributed by atoms with Crippen LogP contribution in [0, 0.1) is 5.82 Å². The van der Waals surface area contributed by atoms with E-state index in [4.69, 9.17) is 0 Å². The monoisotopic (exact) mass is 308 g/mol. The molecule has 0 saturated heterocycles. The van der Waals surface area contributed by atoms with E-state index in [-0.39, 0.29) is 4.90 Å². The van der Waals surface area contributed by atoms with E-state index < -0.39 is 15.8 Å². The molecule has 3 aromatic rings. The quantitative estimate of drug-likeness (QED) is 0.808. The molecule has 0 fully saturated rings. The lowest BCUT2D eigenvalue weighted by molar-refractivity contribution is 0.570. The van der Waals surface area contributed by atoms with Crippen LogP contribution in [0.5, 0.6) is 0 Å². The van der Waals surface area contributed by atoms with Crippen molar-refractivity contribution in [1.82, 2.24) is 4.98 Å². The maximum absolute atomic E-state index is 13.6. The van der Waals surface area contributed by atoms with Crippen molar-refractivity contribution in [3.8, 4) is 0 Å². The number of hydrogen-bond donors (Lipinski definition) is 1. The highest BCUT2D eigenvalue weighted by atomic mass is 32.2. The first-order valence-corrected chi connectivity index (χ1v) is 8.03. The lowest BCUT2D eigenvalue weighted by Crippen LogP contribution is -2.14. The Morgan fingerprint density at radius 3 is 2.75 bits per heavy atom. The Balaban J connectivity index is 1.99. The third-order valence-electron chi connectivity index (χ3n) is 2.71. The fraction of sp³-hybridized carbons (Fsp3) is 0. The van der Waals surface area contributed by atoms with Gasteiger partial charge in [-0.05, 0) is 30.3 Å². The number of hydrogen-bond acceptors (Lipinski definition) is 4. The molecule has 20 heavy (non-hydrogen) atoms. The maximum Gasteiger partial charge on any atom is 0.264 e. The number of halogens is 1. The molecule has 0 radical (unpaired) electrons. The van der Waals surface area contributed by atoms with Gasteiger partial charge in [-0.25, -0.2) is 17.8 Å². The highest BCUT2D eigenvalue weighted by molar-refractivity contribution is 7.92. The molecule has 0 bridgehead atoms. The van der Waals surface area contributed by atoms with Crippen molar-refractivity contribution < 1.29 is 12.8 Å². The van der Waals surface area contributed by atoms with Crippen LogP contribution in [-0.4, -0.2) is 13.4 Å². The van der Waals surface area contributed by atoms with E-state index >= 15 is 0 Å². The van der Waals surface area contributed by atoms with Crippen LogP contribution in [0.2, 0.25) is 0 Å². The third kappa shape index (κ3) is 2.37. The Bertz CT molecular complexity index is 875. The number of thiazole rings is 1. The van der Waals surface area contributed by atoms with Crippen molar-refractivity contribution in [1.29, 1.82) is 0 Å². The highest BCUT2D eigenvalue weighted by Gasteiger charge is 2.18. The minimum atomic E-state index is -3.95. The van der Waals surface area contributed by atoms with E-state index in [1.54, 1.807) is 23.7 Å². The molecule has 0 spiro atoms. The van der Waals surface area contributed by atoms with E-state index in [2.05, 4.69) is 9.71 Å². The Labute approximate surface area is 119 Å². The van der Waals surface area contributed by atoms with Crippen molar-refractivity contribution in [3.63, 3.8) is 0 Å². The minimum Gasteiger partial charge on any atom is -0.279 e. The van der Waals surface area contributed by atoms with Crippen LogP contribution in [0.4, 0.5) is 10.1 Å². The molecule has 7 heteroatoms. The molecule has 0 aliphatic heterocycles. The fourth-order valence-electron chi connectivity index (χ4n) is 1.79. The number of nitrogens with zero attached hydrogens (tertiary/aromatic N) is 1. The summed E-state index contributed by atoms with van der Waals surface area (Å²) in [5.74, 6) is -0.783. The molecule has 1 aromatic heterocycles. The molecule has 1 N–H and O–H groups in total. The number of benzene rings is 2. The minimum absolute atomic E-state index is 0.353. The molecule has 1 heterocycles. The Hall–Kier alpha value is -1.99. The molecule has 4 nitrogen and oxygen atoms in total. The number of fused-ring (bicyclic) bond motifs is 1. The van der Waals surface area contributed by atoms with E-state index in [0.717, 1.165) is 10.8 Å². The first-order chi connectivity index (χ1) is 9.56. The standard InChI is InChI=1S/C13H9FN2O2S2/c14-10-3-1-2-4-13(10)20(17,18)16-9-5-6-12-11(7-9)15-8-19-12/h1-8,16H. The van der Waals surface area contributed by atoms with Gasteiger partial charge in [0.15, 0.2) is 0 Å². The molecule has 102 valence electrons. The first kappa shape index (κ1) is 13.0. The zero-order valence-corrected chi connectivity index (χ0v) is 11.7. The van der Waals surface area contributed by atoms with Gasteiger partial charge in [-0.1, -0.05) is 12.1 Å². The second-order valence-electron chi connectivity index (χ2n) is 4.07. The van der Waals surface area contributed by atoms with Gasteiger partial charge in [-0.2, -0.15) is 0 Å². The molecule has 0 amide bonds. The fourth-order valence-corrected chi connectivity index (χ4v) is 3.58. The molecule has 2 aromatic carbocycles. The molecule has 0 aliphatic carbocycles. The number of anilines is 1. The van der Waals surface area contributed by atoms with E-state index in [1.165, 1.54) is 29.5 Å². The van der Waals surface area contributed by atoms with Crippen LogP contribution in [-0.2, 0) is 10.0 Å². The Kier molecular flexibility index (Phi) is 3.15. The van der Waals surface area contributed by atoms with Gasteiger partial charge in [0.2, 0.25) is 0 Å². The smallest absolute Gasteiger partial charge is 0.264 e. The molecular formula is C13H9FN2O2S2. The lowest BCUT2D eigenvalue weighted by Gasteiger charge is -2.08. The predicted molar refractivity (Wildman–Crippen MR) is 76.8 cm³/mol. The van der Waals surface area contributed by atoms with Gasteiger partial charge >= 0.3 is 0 Å². The zero-order chi connectivity index (χ0) is 14.2. The number of nitrogens with one attached hydrogen (secondary N) is 1. The van der Waals surface area contributed by atoms with Crippen LogP contribution in [0.3, 0.4) is 0 Å². The average molecular weight is 308 g/mol. The maximum atomic E-state index is 13.6. The zero-order valence-electron chi connectivity index (χ0n) is 10.1. The van der Waals surface area contributed by atoms with Crippen molar-refractivity contribution >= 4 is 37.3 Å². The summed E-state index contributed by atoms with van der Waals surface area (Å²) in [5.41, 5.74) is 2.73. The molecule has 3 rings (SSSR count). The summed E-state index contributed by atoms with van der Waals surface area (Å²) in [6.45, 7) is 0. The average Bonchev–Trinajstić information content (AvgIpc) is 2.86. The summed E-state index contributed by atoms with van der Waals surface area (Å²) < 4.78 is 41.1. The van der Waals surface area contributed by atoms with Crippen LogP contribution < -0.4 is 4.72 Å². The Morgan fingerprint density at radius 1 is 1.15 bits per heavy atom. The number of rotatable bonds is 3. The largest absolute Gasteiger partial charge is 0.279 e. The van der Waals surface area contributed by atoms with E-state index in [0.29, 0.717) is 11.2 Å². The molecule has 0 atom stereocenters. The molecule has 0 saturated carbocycles. The SMILES string of the molecule is O=S(=O)(Nc1ccc2scnc2c1)c1ccccc1F. The number of sulfonamides is 1. The van der Waals surface area contributed by atoms with Crippen molar-refractivity contribution in [3.05, 3.63) is 53.8 Å². The van der Waals surface area contributed by atoms with Crippen LogP contribution in [0.25, 0.3) is 10.2 Å². The second-order valence-corrected chi connectivity index (χ2v) is 6.61. The van der Waals surface area contributed by atoms with Gasteiger partial charge in [0, 0.05) is 0 Å². The summed E-state index contributed by atoms with van der Waals surface area (Å²) in [7, 11) is -3.95. The molecule has 0 unspecified atom stereocenters. The number of aromatic nitrogens is 1. The van der Waals surface area contributed by atoms with Crippen molar-refractivity contribution in [2.45, 2.75) is 4.90 Å². The summed E-state index contributed by atoms with van der Waals surface area (Å²) in [5, 5.41) is 0. The topological polar surface area (TPSA) is 59.1 Å². The third-order valence-corrected chi connectivity index (χ3v) is 4.93. The molecule has 0 aliphatic rings. The predicted octanol–water partition coefficient (Wildman–Crippen LogP) is 3.24. The lowest BCUT2D eigenvalue weighted by atomic mass is 10.3. The summed E-state index contributed by atoms with van der Waals surface area (Å²) in [6.07, 6.45) is 0. The van der Waals surface area contributed by atoms with Gasteiger partial charge in [-0.3, -0.25) is 4.72 Å².